The lowest BCUT2D eigenvalue weighted by atomic mass is 10.1. The van der Waals surface area contributed by atoms with Gasteiger partial charge in [-0.15, -0.1) is 0 Å². The third-order valence-corrected chi connectivity index (χ3v) is 4.31. The van der Waals surface area contributed by atoms with Gasteiger partial charge in [-0.1, -0.05) is 31.5 Å². The van der Waals surface area contributed by atoms with Crippen LogP contribution in [-0.2, 0) is 16.0 Å². The second kappa shape index (κ2) is 9.96. The highest BCUT2D eigenvalue weighted by atomic mass is 16.5. The number of nitrogens with zero attached hydrogens (tertiary/aromatic N) is 1. The van der Waals surface area contributed by atoms with Crippen LogP contribution in [0, 0.1) is 0 Å². The van der Waals surface area contributed by atoms with E-state index in [0.29, 0.717) is 13.0 Å². The van der Waals surface area contributed by atoms with Crippen molar-refractivity contribution in [3.63, 3.8) is 0 Å². The fourth-order valence-corrected chi connectivity index (χ4v) is 2.90. The van der Waals surface area contributed by atoms with Crippen molar-refractivity contribution in [3.8, 4) is 5.75 Å². The van der Waals surface area contributed by atoms with Gasteiger partial charge in [0.1, 0.15) is 5.75 Å². The Morgan fingerprint density at radius 3 is 2.92 bits per heavy atom. The molecule has 0 bridgehead atoms. The minimum absolute atomic E-state index is 0.0274. The summed E-state index contributed by atoms with van der Waals surface area (Å²) >= 11 is 0. The van der Waals surface area contributed by atoms with Gasteiger partial charge < -0.3 is 15.0 Å². The summed E-state index contributed by atoms with van der Waals surface area (Å²) in [6.45, 7) is 4.23. The number of amides is 2. The van der Waals surface area contributed by atoms with Crippen molar-refractivity contribution in [2.24, 2.45) is 0 Å². The standard InChI is InChI=1S/C19H28N2O3/c1-2-16-9-5-6-10-17(16)24-15-18(22)20-12-8-14-21-13-7-3-4-11-19(21)23/h5-6,9-10H,2-4,7-8,11-15H2,1H3,(H,20,22). The molecule has 5 nitrogen and oxygen atoms in total. The molecule has 1 N–H and O–H groups in total. The zero-order valence-corrected chi connectivity index (χ0v) is 14.6. The first-order chi connectivity index (χ1) is 11.7. The lowest BCUT2D eigenvalue weighted by Gasteiger charge is -2.20. The van der Waals surface area contributed by atoms with Crippen LogP contribution in [0.4, 0.5) is 0 Å². The maximum Gasteiger partial charge on any atom is 0.257 e. The van der Waals surface area contributed by atoms with Crippen molar-refractivity contribution in [2.75, 3.05) is 26.2 Å². The summed E-state index contributed by atoms with van der Waals surface area (Å²) in [5.41, 5.74) is 1.10. The van der Waals surface area contributed by atoms with Gasteiger partial charge in [-0.3, -0.25) is 9.59 Å². The summed E-state index contributed by atoms with van der Waals surface area (Å²) < 4.78 is 5.59. The number of para-hydroxylation sites is 1. The number of hydrogen-bond acceptors (Lipinski definition) is 3. The number of likely N-dealkylation sites (tertiary alicyclic amines) is 1. The zero-order chi connectivity index (χ0) is 17.2. The summed E-state index contributed by atoms with van der Waals surface area (Å²) in [6.07, 6.45) is 5.54. The topological polar surface area (TPSA) is 58.6 Å². The molecule has 1 aliphatic heterocycles. The van der Waals surface area contributed by atoms with Gasteiger partial charge in [-0.25, -0.2) is 0 Å². The van der Waals surface area contributed by atoms with E-state index in [4.69, 9.17) is 4.74 Å². The Bertz CT molecular complexity index is 545. The van der Waals surface area contributed by atoms with Gasteiger partial charge in [0.25, 0.3) is 5.91 Å². The molecule has 0 unspecified atom stereocenters. The predicted molar refractivity (Wildman–Crippen MR) is 94.0 cm³/mol. The van der Waals surface area contributed by atoms with Crippen molar-refractivity contribution in [1.82, 2.24) is 10.2 Å². The van der Waals surface area contributed by atoms with Crippen molar-refractivity contribution in [3.05, 3.63) is 29.8 Å². The molecule has 1 aromatic carbocycles. The Balaban J connectivity index is 1.63. The van der Waals surface area contributed by atoms with Gasteiger partial charge in [0, 0.05) is 26.1 Å². The highest BCUT2D eigenvalue weighted by molar-refractivity contribution is 5.77. The van der Waals surface area contributed by atoms with E-state index in [1.165, 1.54) is 0 Å². The summed E-state index contributed by atoms with van der Waals surface area (Å²) in [6, 6.07) is 7.77. The molecule has 1 heterocycles. The second-order valence-corrected chi connectivity index (χ2v) is 6.14. The minimum Gasteiger partial charge on any atom is -0.483 e. The SMILES string of the molecule is CCc1ccccc1OCC(=O)NCCCN1CCCCCC1=O. The normalized spacial score (nSPS) is 15.0. The van der Waals surface area contributed by atoms with E-state index in [2.05, 4.69) is 12.2 Å². The molecule has 0 spiro atoms. The molecule has 0 atom stereocenters. The lowest BCUT2D eigenvalue weighted by molar-refractivity contribution is -0.130. The molecule has 0 aromatic heterocycles. The van der Waals surface area contributed by atoms with Crippen LogP contribution in [0.25, 0.3) is 0 Å². The molecule has 5 heteroatoms. The Morgan fingerprint density at radius 1 is 1.25 bits per heavy atom. The zero-order valence-electron chi connectivity index (χ0n) is 14.6. The van der Waals surface area contributed by atoms with Gasteiger partial charge in [0.15, 0.2) is 6.61 Å². The average Bonchev–Trinajstić information content (AvgIpc) is 2.81. The predicted octanol–water partition coefficient (Wildman–Crippen LogP) is 2.54. The molecule has 1 aliphatic rings. The van der Waals surface area contributed by atoms with Crippen LogP contribution >= 0.6 is 0 Å². The Morgan fingerprint density at radius 2 is 2.08 bits per heavy atom. The first-order valence-corrected chi connectivity index (χ1v) is 8.96. The van der Waals surface area contributed by atoms with Crippen LogP contribution in [0.3, 0.4) is 0 Å². The minimum atomic E-state index is -0.122. The van der Waals surface area contributed by atoms with E-state index in [-0.39, 0.29) is 18.4 Å². The second-order valence-electron chi connectivity index (χ2n) is 6.14. The molecule has 1 saturated heterocycles. The van der Waals surface area contributed by atoms with E-state index in [1.807, 2.05) is 29.2 Å². The van der Waals surface area contributed by atoms with Crippen LogP contribution in [0.15, 0.2) is 24.3 Å². The third kappa shape index (κ3) is 5.87. The number of carbonyl (C=O) groups excluding carboxylic acids is 2. The molecular weight excluding hydrogens is 304 g/mol. The molecule has 0 aliphatic carbocycles. The van der Waals surface area contributed by atoms with Crippen molar-refractivity contribution < 1.29 is 14.3 Å². The summed E-state index contributed by atoms with van der Waals surface area (Å²) in [5.74, 6) is 0.895. The van der Waals surface area contributed by atoms with Crippen molar-refractivity contribution in [2.45, 2.75) is 45.4 Å². The van der Waals surface area contributed by atoms with Gasteiger partial charge in [0.2, 0.25) is 5.91 Å². The number of ether oxygens (including phenoxy) is 1. The third-order valence-electron chi connectivity index (χ3n) is 4.31. The molecule has 1 aromatic rings. The number of benzene rings is 1. The maximum absolute atomic E-state index is 11.9. The molecule has 2 rings (SSSR count). The molecule has 1 fully saturated rings. The van der Waals surface area contributed by atoms with Gasteiger partial charge >= 0.3 is 0 Å². The number of aryl methyl sites for hydroxylation is 1. The quantitative estimate of drug-likeness (QED) is 0.744. The lowest BCUT2D eigenvalue weighted by Crippen LogP contribution is -2.35. The molecule has 132 valence electrons. The summed E-state index contributed by atoms with van der Waals surface area (Å²) in [4.78, 5) is 25.7. The number of nitrogens with one attached hydrogen (secondary N) is 1. The van der Waals surface area contributed by atoms with E-state index in [9.17, 15) is 9.59 Å². The van der Waals surface area contributed by atoms with Gasteiger partial charge in [-0.2, -0.15) is 0 Å². The largest absolute Gasteiger partial charge is 0.483 e. The van der Waals surface area contributed by atoms with Crippen LogP contribution in [-0.4, -0.2) is 43.0 Å². The Hall–Kier alpha value is -2.04. The molecule has 0 radical (unpaired) electrons. The fraction of sp³-hybridized carbons (Fsp3) is 0.579. The van der Waals surface area contributed by atoms with Gasteiger partial charge in [-0.05, 0) is 37.3 Å². The number of rotatable bonds is 8. The van der Waals surface area contributed by atoms with E-state index in [1.54, 1.807) is 0 Å². The van der Waals surface area contributed by atoms with Crippen LogP contribution in [0.1, 0.15) is 44.6 Å². The number of carbonyl (C=O) groups is 2. The first kappa shape index (κ1) is 18.3. The highest BCUT2D eigenvalue weighted by Crippen LogP contribution is 2.17. The molecule has 2 amide bonds. The van der Waals surface area contributed by atoms with Crippen LogP contribution in [0.2, 0.25) is 0 Å². The average molecular weight is 332 g/mol. The van der Waals surface area contributed by atoms with Gasteiger partial charge in [0.05, 0.1) is 0 Å². The summed E-state index contributed by atoms with van der Waals surface area (Å²) in [7, 11) is 0. The van der Waals surface area contributed by atoms with E-state index >= 15 is 0 Å². The van der Waals surface area contributed by atoms with Crippen LogP contribution < -0.4 is 10.1 Å². The van der Waals surface area contributed by atoms with Crippen LogP contribution in [0.5, 0.6) is 5.75 Å². The van der Waals surface area contributed by atoms with E-state index < -0.39 is 0 Å². The molecule has 24 heavy (non-hydrogen) atoms. The smallest absolute Gasteiger partial charge is 0.257 e. The maximum atomic E-state index is 11.9. The monoisotopic (exact) mass is 332 g/mol. The first-order valence-electron chi connectivity index (χ1n) is 8.96. The summed E-state index contributed by atoms with van der Waals surface area (Å²) in [5, 5.41) is 2.86. The Kier molecular flexibility index (Phi) is 7.59. The van der Waals surface area contributed by atoms with Crippen molar-refractivity contribution in [1.29, 1.82) is 0 Å². The molecule has 0 saturated carbocycles. The van der Waals surface area contributed by atoms with E-state index in [0.717, 1.165) is 56.5 Å². The number of hydrogen-bond donors (Lipinski definition) is 1. The van der Waals surface area contributed by atoms with Crippen molar-refractivity contribution >= 4 is 11.8 Å². The molecular formula is C19H28N2O3. The fourth-order valence-electron chi connectivity index (χ4n) is 2.90. The highest BCUT2D eigenvalue weighted by Gasteiger charge is 2.15. The Labute approximate surface area is 144 Å².